The molecule has 0 saturated heterocycles. The van der Waals surface area contributed by atoms with Gasteiger partial charge < -0.3 is 4.74 Å². The number of ether oxygens (including phenoxy) is 1. The number of rotatable bonds is 5. The van der Waals surface area contributed by atoms with Crippen molar-refractivity contribution in [1.82, 2.24) is 9.78 Å². The minimum Gasteiger partial charge on any atom is -0.489 e. The second kappa shape index (κ2) is 5.78. The van der Waals surface area contributed by atoms with Crippen LogP contribution in [0.4, 0.5) is 8.78 Å². The first-order valence-electron chi connectivity index (χ1n) is 5.90. The number of primary sulfonamides is 1. The SMILES string of the molecule is Cn1nccc1CCOc1c(F)cc(F)cc1S(N)(=O)=O. The highest BCUT2D eigenvalue weighted by molar-refractivity contribution is 7.89. The molecule has 1 aromatic heterocycles. The van der Waals surface area contributed by atoms with Gasteiger partial charge >= 0.3 is 0 Å². The van der Waals surface area contributed by atoms with Crippen molar-refractivity contribution in [3.8, 4) is 5.75 Å². The van der Waals surface area contributed by atoms with Gasteiger partial charge in [-0.25, -0.2) is 22.3 Å². The Labute approximate surface area is 120 Å². The molecule has 0 atom stereocenters. The molecule has 2 aromatic rings. The van der Waals surface area contributed by atoms with Gasteiger partial charge in [0.1, 0.15) is 10.7 Å². The number of benzene rings is 1. The van der Waals surface area contributed by atoms with Crippen LogP contribution in [0.3, 0.4) is 0 Å². The molecule has 0 aliphatic carbocycles. The van der Waals surface area contributed by atoms with E-state index >= 15 is 0 Å². The van der Waals surface area contributed by atoms with E-state index in [4.69, 9.17) is 9.88 Å². The van der Waals surface area contributed by atoms with Crippen molar-refractivity contribution in [3.05, 3.63) is 41.7 Å². The molecule has 21 heavy (non-hydrogen) atoms. The van der Waals surface area contributed by atoms with Crippen LogP contribution in [0.5, 0.6) is 5.75 Å². The van der Waals surface area contributed by atoms with E-state index < -0.39 is 32.3 Å². The van der Waals surface area contributed by atoms with Gasteiger partial charge in [0.25, 0.3) is 0 Å². The fourth-order valence-electron chi connectivity index (χ4n) is 1.79. The average Bonchev–Trinajstić information content (AvgIpc) is 2.76. The minimum atomic E-state index is -4.29. The second-order valence-corrected chi connectivity index (χ2v) is 5.83. The normalized spacial score (nSPS) is 11.6. The summed E-state index contributed by atoms with van der Waals surface area (Å²) in [4.78, 5) is -0.718. The summed E-state index contributed by atoms with van der Waals surface area (Å²) in [6.07, 6.45) is 1.96. The molecule has 0 aliphatic rings. The summed E-state index contributed by atoms with van der Waals surface area (Å²) in [6, 6.07) is 2.90. The lowest BCUT2D eigenvalue weighted by atomic mass is 10.3. The van der Waals surface area contributed by atoms with E-state index in [-0.39, 0.29) is 6.61 Å². The van der Waals surface area contributed by atoms with E-state index in [1.54, 1.807) is 24.0 Å². The lowest BCUT2D eigenvalue weighted by Gasteiger charge is -2.11. The molecule has 6 nitrogen and oxygen atoms in total. The van der Waals surface area contributed by atoms with Gasteiger partial charge in [0, 0.05) is 31.4 Å². The quantitative estimate of drug-likeness (QED) is 0.890. The van der Waals surface area contributed by atoms with Crippen LogP contribution in [-0.2, 0) is 23.5 Å². The van der Waals surface area contributed by atoms with Gasteiger partial charge in [0.15, 0.2) is 11.6 Å². The summed E-state index contributed by atoms with van der Waals surface area (Å²) in [5.41, 5.74) is 0.815. The minimum absolute atomic E-state index is 0.00932. The zero-order valence-corrected chi connectivity index (χ0v) is 11.9. The van der Waals surface area contributed by atoms with Crippen molar-refractivity contribution < 1.29 is 21.9 Å². The largest absolute Gasteiger partial charge is 0.489 e. The Bertz CT molecular complexity index is 759. The number of sulfonamides is 1. The molecule has 0 fully saturated rings. The molecule has 114 valence electrons. The molecule has 0 unspecified atom stereocenters. The summed E-state index contributed by atoms with van der Waals surface area (Å²) in [5.74, 6) is -2.75. The molecule has 2 rings (SSSR count). The molecule has 1 aromatic carbocycles. The number of hydrogen-bond acceptors (Lipinski definition) is 4. The van der Waals surface area contributed by atoms with E-state index in [0.717, 1.165) is 5.69 Å². The lowest BCUT2D eigenvalue weighted by Crippen LogP contribution is -2.16. The predicted molar refractivity (Wildman–Crippen MR) is 70.1 cm³/mol. The maximum absolute atomic E-state index is 13.7. The first-order chi connectivity index (χ1) is 9.79. The molecular weight excluding hydrogens is 304 g/mol. The summed E-state index contributed by atoms with van der Waals surface area (Å²) >= 11 is 0. The monoisotopic (exact) mass is 317 g/mol. The predicted octanol–water partition coefficient (Wildman–Crippen LogP) is 0.967. The van der Waals surface area contributed by atoms with Gasteiger partial charge in [0.2, 0.25) is 10.0 Å². The van der Waals surface area contributed by atoms with Crippen LogP contribution in [0.1, 0.15) is 5.69 Å². The van der Waals surface area contributed by atoms with Gasteiger partial charge in [-0.3, -0.25) is 4.68 Å². The number of nitrogens with two attached hydrogens (primary N) is 1. The molecule has 0 saturated carbocycles. The Morgan fingerprint density at radius 3 is 2.67 bits per heavy atom. The summed E-state index contributed by atoms with van der Waals surface area (Å²) < 4.78 is 56.2. The van der Waals surface area contributed by atoms with Crippen LogP contribution in [0.2, 0.25) is 0 Å². The Balaban J connectivity index is 2.22. The molecule has 0 amide bonds. The first kappa shape index (κ1) is 15.4. The van der Waals surface area contributed by atoms with Crippen LogP contribution >= 0.6 is 0 Å². The maximum Gasteiger partial charge on any atom is 0.241 e. The van der Waals surface area contributed by atoms with Crippen LogP contribution in [0.15, 0.2) is 29.3 Å². The molecule has 0 radical (unpaired) electrons. The highest BCUT2D eigenvalue weighted by Gasteiger charge is 2.21. The zero-order chi connectivity index (χ0) is 15.6. The topological polar surface area (TPSA) is 87.2 Å². The van der Waals surface area contributed by atoms with Crippen molar-refractivity contribution >= 4 is 10.0 Å². The average molecular weight is 317 g/mol. The first-order valence-corrected chi connectivity index (χ1v) is 7.45. The van der Waals surface area contributed by atoms with E-state index in [2.05, 4.69) is 5.10 Å². The van der Waals surface area contributed by atoms with Crippen molar-refractivity contribution in [3.63, 3.8) is 0 Å². The van der Waals surface area contributed by atoms with E-state index in [9.17, 15) is 17.2 Å². The van der Waals surface area contributed by atoms with Crippen LogP contribution < -0.4 is 9.88 Å². The number of aryl methyl sites for hydroxylation is 1. The third kappa shape index (κ3) is 3.56. The third-order valence-corrected chi connectivity index (χ3v) is 3.72. The van der Waals surface area contributed by atoms with Gasteiger partial charge in [-0.05, 0) is 12.1 Å². The molecule has 1 heterocycles. The van der Waals surface area contributed by atoms with Crippen LogP contribution in [0.25, 0.3) is 0 Å². The smallest absolute Gasteiger partial charge is 0.241 e. The number of nitrogens with zero attached hydrogens (tertiary/aromatic N) is 2. The molecular formula is C12H13F2N3O3S. The fourth-order valence-corrected chi connectivity index (χ4v) is 2.48. The summed E-state index contributed by atoms with van der Waals surface area (Å²) in [7, 11) is -2.57. The number of hydrogen-bond donors (Lipinski definition) is 1. The van der Waals surface area contributed by atoms with Gasteiger partial charge in [-0.1, -0.05) is 0 Å². The molecule has 9 heteroatoms. The van der Waals surface area contributed by atoms with E-state index in [0.29, 0.717) is 18.6 Å². The fraction of sp³-hybridized carbons (Fsp3) is 0.250. The van der Waals surface area contributed by atoms with Gasteiger partial charge in [0.05, 0.1) is 6.61 Å². The van der Waals surface area contributed by atoms with Crippen LogP contribution in [0, 0.1) is 11.6 Å². The van der Waals surface area contributed by atoms with Gasteiger partial charge in [-0.15, -0.1) is 0 Å². The second-order valence-electron chi connectivity index (χ2n) is 4.30. The summed E-state index contributed by atoms with van der Waals surface area (Å²) in [5, 5.41) is 8.88. The number of halogens is 2. The Morgan fingerprint density at radius 2 is 2.10 bits per heavy atom. The zero-order valence-electron chi connectivity index (χ0n) is 11.1. The lowest BCUT2D eigenvalue weighted by molar-refractivity contribution is 0.292. The Morgan fingerprint density at radius 1 is 1.38 bits per heavy atom. The molecule has 2 N–H and O–H groups in total. The molecule has 0 spiro atoms. The molecule has 0 aliphatic heterocycles. The Kier molecular flexibility index (Phi) is 4.24. The van der Waals surface area contributed by atoms with Crippen LogP contribution in [-0.4, -0.2) is 24.8 Å². The third-order valence-electron chi connectivity index (χ3n) is 2.81. The van der Waals surface area contributed by atoms with Crippen molar-refractivity contribution in [2.75, 3.05) is 6.61 Å². The number of aromatic nitrogens is 2. The van der Waals surface area contributed by atoms with Crippen molar-refractivity contribution in [2.24, 2.45) is 12.2 Å². The van der Waals surface area contributed by atoms with E-state index in [1.807, 2.05) is 0 Å². The maximum atomic E-state index is 13.7. The van der Waals surface area contributed by atoms with E-state index in [1.165, 1.54) is 0 Å². The highest BCUT2D eigenvalue weighted by atomic mass is 32.2. The van der Waals surface area contributed by atoms with Crippen molar-refractivity contribution in [2.45, 2.75) is 11.3 Å². The molecule has 0 bridgehead atoms. The highest BCUT2D eigenvalue weighted by Crippen LogP contribution is 2.27. The van der Waals surface area contributed by atoms with Gasteiger partial charge in [-0.2, -0.15) is 5.10 Å². The standard InChI is InChI=1S/C12H13F2N3O3S/c1-17-9(2-4-16-17)3-5-20-12-10(14)6-8(13)7-11(12)21(15,18)19/h2,4,6-7H,3,5H2,1H3,(H2,15,18,19). The van der Waals surface area contributed by atoms with Crippen molar-refractivity contribution in [1.29, 1.82) is 0 Å². The Hall–Kier alpha value is -2.00. The summed E-state index contributed by atoms with van der Waals surface area (Å²) in [6.45, 7) is -0.00932.